The molecule has 0 spiro atoms. The first-order chi connectivity index (χ1) is 14.0. The van der Waals surface area contributed by atoms with Gasteiger partial charge < -0.3 is 9.47 Å². The Labute approximate surface area is 168 Å². The minimum absolute atomic E-state index is 0.337. The summed E-state index contributed by atoms with van der Waals surface area (Å²) < 4.78 is 16.5. The molecule has 1 aromatic carbocycles. The highest BCUT2D eigenvalue weighted by molar-refractivity contribution is 5.76. The molecule has 4 aromatic rings. The number of hydrogen-bond acceptors (Lipinski definition) is 5. The highest BCUT2D eigenvalue weighted by Crippen LogP contribution is 2.33. The summed E-state index contributed by atoms with van der Waals surface area (Å²) in [7, 11) is 2.06. The lowest BCUT2D eigenvalue weighted by Crippen LogP contribution is -2.46. The van der Waals surface area contributed by atoms with Gasteiger partial charge in [-0.2, -0.15) is 4.39 Å². The van der Waals surface area contributed by atoms with Crippen LogP contribution < -0.4 is 4.90 Å². The first-order valence-corrected chi connectivity index (χ1v) is 9.65. The van der Waals surface area contributed by atoms with Crippen LogP contribution in [0.25, 0.3) is 22.3 Å². The summed E-state index contributed by atoms with van der Waals surface area (Å²) in [6, 6.07) is 13.5. The van der Waals surface area contributed by atoms with Crippen molar-refractivity contribution in [2.45, 2.75) is 19.8 Å². The van der Waals surface area contributed by atoms with Crippen molar-refractivity contribution in [3.05, 3.63) is 65.8 Å². The molecule has 0 N–H and O–H groups in total. The van der Waals surface area contributed by atoms with Gasteiger partial charge in [0, 0.05) is 31.9 Å². The lowest BCUT2D eigenvalue weighted by Gasteiger charge is -2.39. The van der Waals surface area contributed by atoms with Crippen LogP contribution in [-0.4, -0.2) is 37.6 Å². The SMILES string of the molecule is Cc1ccc(-c2cc(N3CC(c4nc5ccccc5n4C)C3)nc(C)n2)c(F)n1. The molecule has 1 aliphatic rings. The molecule has 4 heterocycles. The Hall–Kier alpha value is -3.35. The number of pyridine rings is 1. The standard InChI is InChI=1S/C22H21FN6/c1-13-8-9-16(21(23)24-13)18-10-20(26-14(2)25-18)29-11-15(12-29)22-27-17-6-4-5-7-19(17)28(22)3/h4-10,15H,11-12H2,1-3H3. The monoisotopic (exact) mass is 388 g/mol. The highest BCUT2D eigenvalue weighted by Gasteiger charge is 2.33. The van der Waals surface area contributed by atoms with Crippen LogP contribution in [0.15, 0.2) is 42.5 Å². The smallest absolute Gasteiger partial charge is 0.222 e. The van der Waals surface area contributed by atoms with Gasteiger partial charge in [-0.15, -0.1) is 0 Å². The Balaban J connectivity index is 1.41. The molecule has 1 saturated heterocycles. The van der Waals surface area contributed by atoms with Crippen LogP contribution in [-0.2, 0) is 7.05 Å². The first-order valence-electron chi connectivity index (χ1n) is 9.65. The lowest BCUT2D eigenvalue weighted by molar-refractivity contribution is 0.485. The van der Waals surface area contributed by atoms with Crippen LogP contribution in [0.5, 0.6) is 0 Å². The van der Waals surface area contributed by atoms with E-state index < -0.39 is 5.95 Å². The second-order valence-corrected chi connectivity index (χ2v) is 7.57. The number of anilines is 1. The van der Waals surface area contributed by atoms with Gasteiger partial charge >= 0.3 is 0 Å². The van der Waals surface area contributed by atoms with E-state index in [0.29, 0.717) is 28.7 Å². The average Bonchev–Trinajstić information content (AvgIpc) is 2.97. The molecular weight excluding hydrogens is 367 g/mol. The number of para-hydroxylation sites is 2. The summed E-state index contributed by atoms with van der Waals surface area (Å²) in [5.74, 6) is 2.34. The first kappa shape index (κ1) is 17.7. The number of benzene rings is 1. The second kappa shape index (κ2) is 6.62. The highest BCUT2D eigenvalue weighted by atomic mass is 19.1. The molecule has 0 bridgehead atoms. The van der Waals surface area contributed by atoms with E-state index in [1.54, 1.807) is 19.1 Å². The summed E-state index contributed by atoms with van der Waals surface area (Å²) in [6.07, 6.45) is 0. The van der Waals surface area contributed by atoms with Crippen molar-refractivity contribution in [1.82, 2.24) is 24.5 Å². The third-order valence-electron chi connectivity index (χ3n) is 5.48. The summed E-state index contributed by atoms with van der Waals surface area (Å²) in [5.41, 5.74) is 3.76. The zero-order valence-corrected chi connectivity index (χ0v) is 16.6. The minimum atomic E-state index is -0.504. The molecule has 0 aliphatic carbocycles. The van der Waals surface area contributed by atoms with Gasteiger partial charge in [-0.05, 0) is 38.1 Å². The van der Waals surface area contributed by atoms with Crippen molar-refractivity contribution in [3.8, 4) is 11.3 Å². The van der Waals surface area contributed by atoms with Crippen molar-refractivity contribution < 1.29 is 4.39 Å². The fourth-order valence-electron chi connectivity index (χ4n) is 3.93. The van der Waals surface area contributed by atoms with E-state index in [-0.39, 0.29) is 0 Å². The predicted molar refractivity (Wildman–Crippen MR) is 110 cm³/mol. The van der Waals surface area contributed by atoms with Gasteiger partial charge in [0.15, 0.2) is 0 Å². The Morgan fingerprint density at radius 1 is 0.966 bits per heavy atom. The number of imidazole rings is 1. The Morgan fingerprint density at radius 2 is 1.76 bits per heavy atom. The van der Waals surface area contributed by atoms with E-state index >= 15 is 0 Å². The Kier molecular flexibility index (Phi) is 4.04. The van der Waals surface area contributed by atoms with E-state index in [2.05, 4.69) is 37.5 Å². The number of nitrogens with zero attached hydrogens (tertiary/aromatic N) is 6. The molecule has 0 amide bonds. The zero-order chi connectivity index (χ0) is 20.1. The topological polar surface area (TPSA) is 59.7 Å². The van der Waals surface area contributed by atoms with Gasteiger partial charge in [0.05, 0.1) is 28.2 Å². The number of aromatic nitrogens is 5. The van der Waals surface area contributed by atoms with Gasteiger partial charge in [0.1, 0.15) is 17.5 Å². The van der Waals surface area contributed by atoms with Crippen LogP contribution in [0.1, 0.15) is 23.3 Å². The summed E-state index contributed by atoms with van der Waals surface area (Å²) in [4.78, 5) is 19.9. The van der Waals surface area contributed by atoms with Gasteiger partial charge in [-0.1, -0.05) is 12.1 Å². The van der Waals surface area contributed by atoms with Crippen molar-refractivity contribution in [1.29, 1.82) is 0 Å². The molecule has 1 fully saturated rings. The fraction of sp³-hybridized carbons (Fsp3) is 0.273. The predicted octanol–water partition coefficient (Wildman–Crippen LogP) is 3.79. The molecule has 7 heteroatoms. The molecule has 146 valence electrons. The maximum absolute atomic E-state index is 14.3. The van der Waals surface area contributed by atoms with Crippen molar-refractivity contribution in [2.75, 3.05) is 18.0 Å². The van der Waals surface area contributed by atoms with Gasteiger partial charge in [-0.25, -0.2) is 19.9 Å². The molecule has 5 rings (SSSR count). The summed E-state index contributed by atoms with van der Waals surface area (Å²) in [5, 5.41) is 0. The van der Waals surface area contributed by atoms with Gasteiger partial charge in [0.2, 0.25) is 5.95 Å². The minimum Gasteiger partial charge on any atom is -0.355 e. The van der Waals surface area contributed by atoms with E-state index in [9.17, 15) is 4.39 Å². The largest absolute Gasteiger partial charge is 0.355 e. The summed E-state index contributed by atoms with van der Waals surface area (Å²) in [6.45, 7) is 5.24. The molecule has 0 atom stereocenters. The van der Waals surface area contributed by atoms with E-state index in [1.807, 2.05) is 31.2 Å². The van der Waals surface area contributed by atoms with Crippen LogP contribution in [0.4, 0.5) is 10.2 Å². The number of aryl methyl sites for hydroxylation is 3. The van der Waals surface area contributed by atoms with Crippen molar-refractivity contribution >= 4 is 16.9 Å². The Morgan fingerprint density at radius 3 is 2.52 bits per heavy atom. The van der Waals surface area contributed by atoms with Crippen LogP contribution in [0, 0.1) is 19.8 Å². The van der Waals surface area contributed by atoms with Crippen LogP contribution in [0.2, 0.25) is 0 Å². The van der Waals surface area contributed by atoms with E-state index in [0.717, 1.165) is 35.8 Å². The molecule has 29 heavy (non-hydrogen) atoms. The van der Waals surface area contributed by atoms with E-state index in [1.165, 1.54) is 0 Å². The summed E-state index contributed by atoms with van der Waals surface area (Å²) >= 11 is 0. The molecule has 1 aliphatic heterocycles. The number of fused-ring (bicyclic) bond motifs is 1. The maximum Gasteiger partial charge on any atom is 0.222 e. The number of hydrogen-bond donors (Lipinski definition) is 0. The van der Waals surface area contributed by atoms with Crippen LogP contribution in [0.3, 0.4) is 0 Å². The zero-order valence-electron chi connectivity index (χ0n) is 16.6. The quantitative estimate of drug-likeness (QED) is 0.500. The molecular formula is C22H21FN6. The molecule has 6 nitrogen and oxygen atoms in total. The molecule has 0 saturated carbocycles. The number of halogens is 1. The third-order valence-corrected chi connectivity index (χ3v) is 5.48. The number of rotatable bonds is 3. The molecule has 3 aromatic heterocycles. The Bertz CT molecular complexity index is 1230. The average molecular weight is 388 g/mol. The normalized spacial score (nSPS) is 14.4. The third kappa shape index (κ3) is 3.03. The molecule has 0 unspecified atom stereocenters. The maximum atomic E-state index is 14.3. The van der Waals surface area contributed by atoms with Gasteiger partial charge in [-0.3, -0.25) is 0 Å². The van der Waals surface area contributed by atoms with E-state index in [4.69, 9.17) is 4.98 Å². The van der Waals surface area contributed by atoms with Gasteiger partial charge in [0.25, 0.3) is 0 Å². The van der Waals surface area contributed by atoms with Crippen LogP contribution >= 0.6 is 0 Å². The van der Waals surface area contributed by atoms with Crippen molar-refractivity contribution in [3.63, 3.8) is 0 Å². The molecule has 0 radical (unpaired) electrons. The lowest BCUT2D eigenvalue weighted by atomic mass is 9.99. The van der Waals surface area contributed by atoms with Crippen molar-refractivity contribution in [2.24, 2.45) is 7.05 Å². The second-order valence-electron chi connectivity index (χ2n) is 7.57. The fourth-order valence-corrected chi connectivity index (χ4v) is 3.93.